The lowest BCUT2D eigenvalue weighted by Gasteiger charge is -2.38. The standard InChI is InChI=1S/C28H33N5O4/c1-19-15-33(20(2)18-34)28(36)24-14-23(31-27(35)22-8-12-30-13-9-22)4-5-25(24)37-26(19)17-32(3)16-21-6-10-29-11-7-21/h4-14,19-20,26,34H,15-18H2,1-3H3,(H,31,35)/t19-,20+,26-/m1/s1. The van der Waals surface area contributed by atoms with Gasteiger partial charge in [0.05, 0.1) is 18.2 Å². The van der Waals surface area contributed by atoms with Gasteiger partial charge in [-0.25, -0.2) is 0 Å². The minimum atomic E-state index is -0.369. The summed E-state index contributed by atoms with van der Waals surface area (Å²) in [6, 6.07) is 11.9. The number of aliphatic hydroxyl groups excluding tert-OH is 1. The van der Waals surface area contributed by atoms with Crippen LogP contribution in [0.2, 0.25) is 0 Å². The Labute approximate surface area is 217 Å². The number of fused-ring (bicyclic) bond motifs is 1. The van der Waals surface area contributed by atoms with Crippen molar-refractivity contribution in [3.8, 4) is 5.75 Å². The zero-order chi connectivity index (χ0) is 26.4. The maximum atomic E-state index is 13.6. The van der Waals surface area contributed by atoms with Crippen molar-refractivity contribution >= 4 is 17.5 Å². The van der Waals surface area contributed by atoms with Crippen LogP contribution in [0.5, 0.6) is 5.75 Å². The fourth-order valence-corrected chi connectivity index (χ4v) is 4.40. The topological polar surface area (TPSA) is 108 Å². The number of nitrogens with zero attached hydrogens (tertiary/aromatic N) is 4. The number of aliphatic hydroxyl groups is 1. The molecule has 1 aliphatic heterocycles. The number of nitrogens with one attached hydrogen (secondary N) is 1. The average molecular weight is 504 g/mol. The second kappa shape index (κ2) is 11.9. The lowest BCUT2D eigenvalue weighted by Crippen LogP contribution is -2.49. The molecule has 0 saturated heterocycles. The van der Waals surface area contributed by atoms with Crippen molar-refractivity contribution < 1.29 is 19.4 Å². The first kappa shape index (κ1) is 26.2. The largest absolute Gasteiger partial charge is 0.488 e. The van der Waals surface area contributed by atoms with Gasteiger partial charge in [-0.15, -0.1) is 0 Å². The minimum Gasteiger partial charge on any atom is -0.488 e. The lowest BCUT2D eigenvalue weighted by atomic mass is 9.99. The van der Waals surface area contributed by atoms with Crippen LogP contribution in [0.15, 0.2) is 67.3 Å². The number of rotatable bonds is 8. The molecule has 9 heteroatoms. The van der Waals surface area contributed by atoms with Crippen LogP contribution in [-0.2, 0) is 6.54 Å². The molecule has 3 aromatic rings. The summed E-state index contributed by atoms with van der Waals surface area (Å²) in [5.41, 5.74) is 2.44. The summed E-state index contributed by atoms with van der Waals surface area (Å²) in [6.45, 7) is 5.54. The summed E-state index contributed by atoms with van der Waals surface area (Å²) in [5.74, 6) is -0.0775. The van der Waals surface area contributed by atoms with Crippen molar-refractivity contribution in [1.29, 1.82) is 0 Å². The van der Waals surface area contributed by atoms with E-state index >= 15 is 0 Å². The Kier molecular flexibility index (Phi) is 8.47. The van der Waals surface area contributed by atoms with Crippen LogP contribution in [0.25, 0.3) is 0 Å². The molecule has 0 saturated carbocycles. The lowest BCUT2D eigenvalue weighted by molar-refractivity contribution is 0.0341. The predicted molar refractivity (Wildman–Crippen MR) is 140 cm³/mol. The van der Waals surface area contributed by atoms with Gasteiger partial charge in [-0.2, -0.15) is 0 Å². The van der Waals surface area contributed by atoms with Gasteiger partial charge in [-0.3, -0.25) is 24.5 Å². The molecule has 0 aliphatic carbocycles. The predicted octanol–water partition coefficient (Wildman–Crippen LogP) is 3.08. The number of ether oxygens (including phenoxy) is 1. The van der Waals surface area contributed by atoms with E-state index in [-0.39, 0.29) is 36.5 Å². The van der Waals surface area contributed by atoms with Crippen molar-refractivity contribution in [2.45, 2.75) is 32.5 Å². The third-order valence-electron chi connectivity index (χ3n) is 6.56. The molecular formula is C28H33N5O4. The summed E-state index contributed by atoms with van der Waals surface area (Å²) < 4.78 is 6.45. The molecule has 3 atom stereocenters. The highest BCUT2D eigenvalue weighted by atomic mass is 16.5. The fourth-order valence-electron chi connectivity index (χ4n) is 4.40. The molecule has 0 spiro atoms. The van der Waals surface area contributed by atoms with E-state index in [1.54, 1.807) is 60.0 Å². The SMILES string of the molecule is C[C@@H]1CN([C@@H](C)CO)C(=O)c2cc(NC(=O)c3ccncc3)ccc2O[C@@H]1CN(C)Cc1ccncc1. The Hall–Kier alpha value is -3.82. The Morgan fingerprint density at radius 2 is 1.84 bits per heavy atom. The number of amides is 2. The molecule has 194 valence electrons. The second-order valence-corrected chi connectivity index (χ2v) is 9.58. The normalized spacial score (nSPS) is 18.4. The van der Waals surface area contributed by atoms with E-state index in [9.17, 15) is 14.7 Å². The van der Waals surface area contributed by atoms with Gasteiger partial charge in [0.25, 0.3) is 11.8 Å². The molecule has 0 unspecified atom stereocenters. The molecule has 1 aromatic carbocycles. The molecule has 2 N–H and O–H groups in total. The Morgan fingerprint density at radius 3 is 2.51 bits per heavy atom. The molecule has 0 fully saturated rings. The number of carbonyl (C=O) groups is 2. The summed E-state index contributed by atoms with van der Waals surface area (Å²) in [6.07, 6.45) is 6.45. The van der Waals surface area contributed by atoms with Crippen LogP contribution in [0, 0.1) is 5.92 Å². The first-order valence-corrected chi connectivity index (χ1v) is 12.4. The van der Waals surface area contributed by atoms with Gasteiger partial charge in [0.2, 0.25) is 0 Å². The van der Waals surface area contributed by atoms with Gasteiger partial charge >= 0.3 is 0 Å². The minimum absolute atomic E-state index is 0.0112. The number of anilines is 1. The van der Waals surface area contributed by atoms with Gasteiger partial charge in [-0.1, -0.05) is 6.92 Å². The van der Waals surface area contributed by atoms with Gasteiger partial charge in [0.1, 0.15) is 11.9 Å². The maximum Gasteiger partial charge on any atom is 0.258 e. The average Bonchev–Trinajstić information content (AvgIpc) is 2.91. The van der Waals surface area contributed by atoms with Crippen LogP contribution < -0.4 is 10.1 Å². The van der Waals surface area contributed by atoms with Crippen molar-refractivity contribution in [1.82, 2.24) is 19.8 Å². The van der Waals surface area contributed by atoms with Crippen molar-refractivity contribution in [2.24, 2.45) is 5.92 Å². The zero-order valence-electron chi connectivity index (χ0n) is 21.4. The first-order valence-electron chi connectivity index (χ1n) is 12.4. The van der Waals surface area contributed by atoms with E-state index in [1.165, 1.54) is 0 Å². The van der Waals surface area contributed by atoms with Crippen molar-refractivity contribution in [2.75, 3.05) is 32.1 Å². The molecular weight excluding hydrogens is 470 g/mol. The van der Waals surface area contributed by atoms with Crippen LogP contribution in [-0.4, -0.2) is 75.6 Å². The second-order valence-electron chi connectivity index (χ2n) is 9.58. The summed E-state index contributed by atoms with van der Waals surface area (Å²) in [7, 11) is 2.03. The smallest absolute Gasteiger partial charge is 0.258 e. The van der Waals surface area contributed by atoms with E-state index in [4.69, 9.17) is 4.74 Å². The van der Waals surface area contributed by atoms with Crippen LogP contribution in [0.1, 0.15) is 40.1 Å². The van der Waals surface area contributed by atoms with Crippen LogP contribution >= 0.6 is 0 Å². The molecule has 37 heavy (non-hydrogen) atoms. The molecule has 0 radical (unpaired) electrons. The number of hydrogen-bond donors (Lipinski definition) is 2. The zero-order valence-corrected chi connectivity index (χ0v) is 21.4. The summed E-state index contributed by atoms with van der Waals surface area (Å²) in [5, 5.41) is 12.7. The van der Waals surface area contributed by atoms with Gasteiger partial charge in [0, 0.05) is 61.6 Å². The third kappa shape index (κ3) is 6.49. The Balaban J connectivity index is 1.60. The number of hydrogen-bond acceptors (Lipinski definition) is 7. The molecule has 9 nitrogen and oxygen atoms in total. The number of aromatic nitrogens is 2. The van der Waals surface area contributed by atoms with Crippen molar-refractivity contribution in [3.05, 3.63) is 83.9 Å². The first-order chi connectivity index (χ1) is 17.9. The molecule has 4 rings (SSSR count). The monoisotopic (exact) mass is 503 g/mol. The van der Waals surface area contributed by atoms with Crippen LogP contribution in [0.4, 0.5) is 5.69 Å². The van der Waals surface area contributed by atoms with E-state index in [2.05, 4.69) is 27.1 Å². The van der Waals surface area contributed by atoms with E-state index in [0.717, 1.165) is 12.1 Å². The molecule has 2 aromatic heterocycles. The van der Waals surface area contributed by atoms with Gasteiger partial charge in [-0.05, 0) is 62.0 Å². The molecule has 2 amide bonds. The van der Waals surface area contributed by atoms with Gasteiger partial charge in [0.15, 0.2) is 0 Å². The molecule has 3 heterocycles. The van der Waals surface area contributed by atoms with Crippen molar-refractivity contribution in [3.63, 3.8) is 0 Å². The van der Waals surface area contributed by atoms with Crippen LogP contribution in [0.3, 0.4) is 0 Å². The quantitative estimate of drug-likeness (QED) is 0.486. The van der Waals surface area contributed by atoms with E-state index in [1.807, 2.05) is 26.1 Å². The number of benzene rings is 1. The Morgan fingerprint density at radius 1 is 1.16 bits per heavy atom. The Bertz CT molecular complexity index is 1210. The van der Waals surface area contributed by atoms with Gasteiger partial charge < -0.3 is 20.1 Å². The highest BCUT2D eigenvalue weighted by Crippen LogP contribution is 2.31. The highest BCUT2D eigenvalue weighted by Gasteiger charge is 2.33. The van der Waals surface area contributed by atoms with E-state index in [0.29, 0.717) is 35.7 Å². The maximum absolute atomic E-state index is 13.6. The fraction of sp³-hybridized carbons (Fsp3) is 0.357. The molecule has 0 bridgehead atoms. The molecule has 1 aliphatic rings. The highest BCUT2D eigenvalue weighted by molar-refractivity contribution is 6.05. The number of likely N-dealkylation sites (N-methyl/N-ethyl adjacent to an activating group) is 1. The summed E-state index contributed by atoms with van der Waals surface area (Å²) in [4.78, 5) is 38.2. The number of pyridine rings is 2. The third-order valence-corrected chi connectivity index (χ3v) is 6.56. The summed E-state index contributed by atoms with van der Waals surface area (Å²) >= 11 is 0. The van der Waals surface area contributed by atoms with E-state index < -0.39 is 0 Å². The number of carbonyl (C=O) groups excluding carboxylic acids is 2.